The van der Waals surface area contributed by atoms with E-state index in [-0.39, 0.29) is 11.9 Å². The molecule has 1 aromatic heterocycles. The van der Waals surface area contributed by atoms with E-state index in [1.807, 2.05) is 36.6 Å². The number of carbonyl (C=O) groups excluding carboxylic acids is 2. The Morgan fingerprint density at radius 3 is 2.63 bits per heavy atom. The van der Waals surface area contributed by atoms with Gasteiger partial charge in [0.2, 0.25) is 0 Å². The monoisotopic (exact) mass is 423 g/mol. The molecule has 0 aliphatic rings. The van der Waals surface area contributed by atoms with Crippen LogP contribution in [0.15, 0.2) is 59.7 Å². The second-order valence-corrected chi connectivity index (χ2v) is 7.02. The third-order valence-electron chi connectivity index (χ3n) is 4.57. The molecule has 0 fully saturated rings. The molecule has 0 aliphatic heterocycles. The number of esters is 1. The second kappa shape index (κ2) is 9.41. The summed E-state index contributed by atoms with van der Waals surface area (Å²) >= 11 is 6.04. The molecule has 3 rings (SSSR count). The first-order valence-corrected chi connectivity index (χ1v) is 9.84. The van der Waals surface area contributed by atoms with Gasteiger partial charge in [0.05, 0.1) is 29.0 Å². The van der Waals surface area contributed by atoms with E-state index in [0.717, 1.165) is 22.6 Å². The van der Waals surface area contributed by atoms with Gasteiger partial charge >= 0.3 is 5.97 Å². The Labute approximate surface area is 180 Å². The lowest BCUT2D eigenvalue weighted by Crippen LogP contribution is -2.18. The highest BCUT2D eigenvalue weighted by Gasteiger charge is 2.13. The molecule has 154 valence electrons. The number of aryl methyl sites for hydroxylation is 1. The highest BCUT2D eigenvalue weighted by atomic mass is 35.5. The molecule has 0 saturated heterocycles. The number of ether oxygens (including phenoxy) is 1. The molecule has 1 heterocycles. The van der Waals surface area contributed by atoms with Crippen molar-refractivity contribution in [3.05, 3.63) is 87.7 Å². The van der Waals surface area contributed by atoms with Crippen LogP contribution >= 0.6 is 11.6 Å². The zero-order valence-corrected chi connectivity index (χ0v) is 17.7. The smallest absolute Gasteiger partial charge is 0.338 e. The molecule has 7 heteroatoms. The van der Waals surface area contributed by atoms with Crippen LogP contribution in [0.3, 0.4) is 0 Å². The number of amides is 1. The van der Waals surface area contributed by atoms with Crippen molar-refractivity contribution >= 4 is 29.7 Å². The van der Waals surface area contributed by atoms with Crippen LogP contribution in [-0.4, -0.2) is 29.3 Å². The van der Waals surface area contributed by atoms with Crippen molar-refractivity contribution in [3.8, 4) is 5.69 Å². The van der Waals surface area contributed by atoms with Gasteiger partial charge in [-0.1, -0.05) is 29.8 Å². The van der Waals surface area contributed by atoms with Gasteiger partial charge in [0.25, 0.3) is 5.91 Å². The van der Waals surface area contributed by atoms with Crippen LogP contribution in [-0.2, 0) is 4.74 Å². The Morgan fingerprint density at radius 2 is 1.90 bits per heavy atom. The van der Waals surface area contributed by atoms with Crippen molar-refractivity contribution in [3.63, 3.8) is 0 Å². The minimum absolute atomic E-state index is 0.325. The van der Waals surface area contributed by atoms with Gasteiger partial charge in [-0.25, -0.2) is 10.2 Å². The highest BCUT2D eigenvalue weighted by molar-refractivity contribution is 6.33. The maximum atomic E-state index is 12.2. The highest BCUT2D eigenvalue weighted by Crippen LogP contribution is 2.21. The van der Waals surface area contributed by atoms with Crippen LogP contribution in [0.5, 0.6) is 0 Å². The number of rotatable bonds is 6. The van der Waals surface area contributed by atoms with E-state index in [0.29, 0.717) is 22.8 Å². The number of nitrogens with zero attached hydrogens (tertiary/aromatic N) is 2. The largest absolute Gasteiger partial charge is 0.462 e. The molecule has 3 aromatic rings. The lowest BCUT2D eigenvalue weighted by Gasteiger charge is -2.11. The quantitative estimate of drug-likeness (QED) is 0.355. The van der Waals surface area contributed by atoms with Gasteiger partial charge in [0.15, 0.2) is 0 Å². The maximum absolute atomic E-state index is 12.2. The maximum Gasteiger partial charge on any atom is 0.338 e. The fourth-order valence-corrected chi connectivity index (χ4v) is 3.39. The van der Waals surface area contributed by atoms with Gasteiger partial charge in [-0.15, -0.1) is 0 Å². The third-order valence-corrected chi connectivity index (χ3v) is 4.90. The third kappa shape index (κ3) is 4.60. The van der Waals surface area contributed by atoms with E-state index in [9.17, 15) is 9.59 Å². The van der Waals surface area contributed by atoms with Crippen molar-refractivity contribution in [2.75, 3.05) is 6.61 Å². The van der Waals surface area contributed by atoms with Crippen molar-refractivity contribution in [2.45, 2.75) is 20.8 Å². The van der Waals surface area contributed by atoms with Crippen LogP contribution in [0.2, 0.25) is 5.02 Å². The Bertz CT molecular complexity index is 1120. The number of hydrazone groups is 1. The van der Waals surface area contributed by atoms with E-state index in [1.165, 1.54) is 0 Å². The zero-order chi connectivity index (χ0) is 21.7. The van der Waals surface area contributed by atoms with Gasteiger partial charge in [-0.3, -0.25) is 4.79 Å². The Kier molecular flexibility index (Phi) is 6.69. The summed E-state index contributed by atoms with van der Waals surface area (Å²) < 4.78 is 7.10. The summed E-state index contributed by atoms with van der Waals surface area (Å²) in [4.78, 5) is 24.3. The van der Waals surface area contributed by atoms with Gasteiger partial charge in [-0.2, -0.15) is 5.10 Å². The molecule has 0 bridgehead atoms. The molecule has 0 saturated carbocycles. The summed E-state index contributed by atoms with van der Waals surface area (Å²) in [6, 6.07) is 16.0. The average Bonchev–Trinajstić information content (AvgIpc) is 3.01. The van der Waals surface area contributed by atoms with Crippen LogP contribution < -0.4 is 5.43 Å². The molecular formula is C23H22ClN3O3. The van der Waals surface area contributed by atoms with Crippen molar-refractivity contribution in [1.82, 2.24) is 9.99 Å². The van der Waals surface area contributed by atoms with Gasteiger partial charge in [0.1, 0.15) is 0 Å². The van der Waals surface area contributed by atoms with Gasteiger partial charge in [-0.05, 0) is 57.2 Å². The van der Waals surface area contributed by atoms with E-state index in [2.05, 4.69) is 10.5 Å². The number of hydrogen-bond donors (Lipinski definition) is 1. The molecule has 1 amide bonds. The average molecular weight is 424 g/mol. The Morgan fingerprint density at radius 1 is 1.13 bits per heavy atom. The first-order chi connectivity index (χ1) is 14.4. The summed E-state index contributed by atoms with van der Waals surface area (Å²) in [6.45, 7) is 6.01. The lowest BCUT2D eigenvalue weighted by molar-refractivity contribution is 0.0526. The summed E-state index contributed by atoms with van der Waals surface area (Å²) in [5, 5.41) is 4.43. The first-order valence-electron chi connectivity index (χ1n) is 9.46. The van der Waals surface area contributed by atoms with Crippen molar-refractivity contribution < 1.29 is 14.3 Å². The number of nitrogens with one attached hydrogen (secondary N) is 1. The summed E-state index contributed by atoms with van der Waals surface area (Å²) in [6.07, 6.45) is 1.59. The molecule has 0 atom stereocenters. The number of aromatic nitrogens is 1. The van der Waals surface area contributed by atoms with Gasteiger partial charge in [0, 0.05) is 22.6 Å². The predicted octanol–water partition coefficient (Wildman–Crippen LogP) is 4.69. The fourth-order valence-electron chi connectivity index (χ4n) is 3.17. The number of hydrogen-bond acceptors (Lipinski definition) is 4. The van der Waals surface area contributed by atoms with E-state index in [1.54, 1.807) is 49.5 Å². The standard InChI is InChI=1S/C23H22ClN3O3/c1-4-30-23(29)17-8-7-9-19(13-17)27-15(2)12-18(16(27)3)14-25-26-22(28)20-10-5-6-11-21(20)24/h5-14H,4H2,1-3H3,(H,26,28)/b25-14+. The number of benzene rings is 2. The topological polar surface area (TPSA) is 72.7 Å². The molecule has 6 nitrogen and oxygen atoms in total. The minimum Gasteiger partial charge on any atom is -0.462 e. The van der Waals surface area contributed by atoms with Gasteiger partial charge < -0.3 is 9.30 Å². The SMILES string of the molecule is CCOC(=O)c1cccc(-n2c(C)cc(/C=N/NC(=O)c3ccccc3Cl)c2C)c1. The zero-order valence-electron chi connectivity index (χ0n) is 17.0. The molecule has 0 spiro atoms. The van der Waals surface area contributed by atoms with E-state index < -0.39 is 0 Å². The molecule has 30 heavy (non-hydrogen) atoms. The van der Waals surface area contributed by atoms with Crippen LogP contribution in [0, 0.1) is 13.8 Å². The minimum atomic E-state index is -0.382. The molecule has 0 radical (unpaired) electrons. The predicted molar refractivity (Wildman–Crippen MR) is 118 cm³/mol. The summed E-state index contributed by atoms with van der Waals surface area (Å²) in [5.74, 6) is -0.737. The molecular weight excluding hydrogens is 402 g/mol. The summed E-state index contributed by atoms with van der Waals surface area (Å²) in [5.41, 5.74) is 6.92. The van der Waals surface area contributed by atoms with Crippen molar-refractivity contribution in [2.24, 2.45) is 5.10 Å². The van der Waals surface area contributed by atoms with Crippen molar-refractivity contribution in [1.29, 1.82) is 0 Å². The molecule has 0 unspecified atom stereocenters. The van der Waals surface area contributed by atoms with Crippen LogP contribution in [0.1, 0.15) is 44.6 Å². The fraction of sp³-hybridized carbons (Fsp3) is 0.174. The molecule has 0 aliphatic carbocycles. The Balaban J connectivity index is 1.82. The van der Waals surface area contributed by atoms with E-state index in [4.69, 9.17) is 16.3 Å². The normalized spacial score (nSPS) is 10.9. The number of carbonyl (C=O) groups is 2. The lowest BCUT2D eigenvalue weighted by atomic mass is 10.2. The van der Waals surface area contributed by atoms with Crippen LogP contribution in [0.4, 0.5) is 0 Å². The van der Waals surface area contributed by atoms with E-state index >= 15 is 0 Å². The molecule has 1 N–H and O–H groups in total. The van der Waals surface area contributed by atoms with Crippen LogP contribution in [0.25, 0.3) is 5.69 Å². The number of halogens is 1. The second-order valence-electron chi connectivity index (χ2n) is 6.61. The Hall–Kier alpha value is -3.38. The first kappa shape index (κ1) is 21.3. The molecule has 2 aromatic carbocycles. The summed E-state index contributed by atoms with van der Waals surface area (Å²) in [7, 11) is 0.